The van der Waals surface area contributed by atoms with Crippen molar-refractivity contribution < 1.29 is 4.42 Å². The average molecular weight is 1010 g/mol. The van der Waals surface area contributed by atoms with Crippen molar-refractivity contribution in [2.75, 3.05) is 9.80 Å². The second-order valence-corrected chi connectivity index (χ2v) is 30.8. The van der Waals surface area contributed by atoms with Crippen LogP contribution in [0.3, 0.4) is 0 Å². The fraction of sp³-hybridized carbons (Fsp3) is 0.296. The molecule has 0 saturated heterocycles. The zero-order chi connectivity index (χ0) is 52.6. The Morgan fingerprint density at radius 3 is 1.61 bits per heavy atom. The Labute approximate surface area is 453 Å². The first-order chi connectivity index (χ1) is 36.2. The van der Waals surface area contributed by atoms with E-state index in [-0.39, 0.29) is 33.8 Å². The highest BCUT2D eigenvalue weighted by atomic mass is 28.3. The fourth-order valence-electron chi connectivity index (χ4n) is 15.0. The minimum absolute atomic E-state index is 0.0121. The summed E-state index contributed by atoms with van der Waals surface area (Å²) in [7, 11) is -2.85. The Hall–Kier alpha value is -6.82. The molecule has 0 saturated carbocycles. The monoisotopic (exact) mass is 1010 g/mol. The number of nitrogens with zero attached hydrogens (tertiary/aromatic N) is 2. The lowest BCUT2D eigenvalue weighted by Crippen LogP contribution is -2.72. The second-order valence-electron chi connectivity index (χ2n) is 27.1. The molecule has 76 heavy (non-hydrogen) atoms. The third-order valence-electron chi connectivity index (χ3n) is 19.4. The maximum atomic E-state index is 7.81. The summed E-state index contributed by atoms with van der Waals surface area (Å²) in [5, 5.41) is 6.90. The average Bonchev–Trinajstić information content (AvgIpc) is 4.03. The summed E-state index contributed by atoms with van der Waals surface area (Å²) >= 11 is 0. The van der Waals surface area contributed by atoms with Crippen molar-refractivity contribution >= 4 is 97.2 Å². The van der Waals surface area contributed by atoms with Gasteiger partial charge in [0.25, 0.3) is 6.71 Å². The minimum atomic E-state index is -2.85. The van der Waals surface area contributed by atoms with E-state index >= 15 is 0 Å². The molecule has 0 atom stereocenters. The molecule has 3 aliphatic heterocycles. The van der Waals surface area contributed by atoms with Gasteiger partial charge in [-0.1, -0.05) is 185 Å². The van der Waals surface area contributed by atoms with Gasteiger partial charge in [-0.05, 0) is 190 Å². The zero-order valence-corrected chi connectivity index (χ0v) is 47.8. The summed E-state index contributed by atoms with van der Waals surface area (Å²) < 4.78 is 7.81. The molecule has 0 unspecified atom stereocenters. The van der Waals surface area contributed by atoms with E-state index in [0.29, 0.717) is 0 Å². The normalized spacial score (nSPS) is 18.5. The third-order valence-corrected chi connectivity index (χ3v) is 24.3. The van der Waals surface area contributed by atoms with Crippen LogP contribution in [0.15, 0.2) is 168 Å². The van der Waals surface area contributed by atoms with Gasteiger partial charge in [0.1, 0.15) is 5.58 Å². The standard InChI is InChI=1S/C71H71BN2OSi/c1-44-37-59-64-60(38-44)74(47-31-32-51-50-25-19-20-26-62(50)76(63(51)39-47,48-21-15-13-16-22-48)49-23-17-14-18-24-49)65-52-40-53-56(71(11,12)36-33-68(53,5)6)43-61(52)75-66(65)72(64)57-41-54-55(70(9,10)35-34-69(54,7)8)42-58(57)73(59)46-29-27-45(28-30-46)67(2,3)4/h13-32,37-43H,33-36H2,1-12H3. The number of furan rings is 1. The zero-order valence-electron chi connectivity index (χ0n) is 46.8. The van der Waals surface area contributed by atoms with Crippen molar-refractivity contribution in [1.29, 1.82) is 0 Å². The van der Waals surface area contributed by atoms with E-state index < -0.39 is 8.07 Å². The lowest BCUT2D eigenvalue weighted by Gasteiger charge is -2.46. The van der Waals surface area contributed by atoms with Crippen LogP contribution in [0.25, 0.3) is 22.1 Å². The van der Waals surface area contributed by atoms with E-state index in [1.807, 2.05) is 0 Å². The van der Waals surface area contributed by atoms with Gasteiger partial charge in [-0.2, -0.15) is 0 Å². The predicted molar refractivity (Wildman–Crippen MR) is 327 cm³/mol. The van der Waals surface area contributed by atoms with E-state index in [1.165, 1.54) is 116 Å². The molecule has 5 aliphatic rings. The maximum absolute atomic E-state index is 7.81. The van der Waals surface area contributed by atoms with Crippen LogP contribution >= 0.6 is 0 Å². The summed E-state index contributed by atoms with van der Waals surface area (Å²) in [6, 6.07) is 64.5. The largest absolute Gasteiger partial charge is 0.468 e. The summed E-state index contributed by atoms with van der Waals surface area (Å²) in [5.74, 6) is 0. The number of benzene rings is 8. The number of anilines is 6. The number of hydrogen-bond acceptors (Lipinski definition) is 3. The van der Waals surface area contributed by atoms with Gasteiger partial charge in [-0.15, -0.1) is 0 Å². The second kappa shape index (κ2) is 15.9. The van der Waals surface area contributed by atoms with Gasteiger partial charge in [0.15, 0.2) is 8.07 Å². The van der Waals surface area contributed by atoms with Crippen molar-refractivity contribution in [2.24, 2.45) is 0 Å². The van der Waals surface area contributed by atoms with Gasteiger partial charge in [0, 0.05) is 33.8 Å². The Balaban J connectivity index is 1.11. The van der Waals surface area contributed by atoms with E-state index in [2.05, 4.69) is 257 Å². The molecule has 8 aromatic carbocycles. The topological polar surface area (TPSA) is 19.6 Å². The summed E-state index contributed by atoms with van der Waals surface area (Å²) in [6.07, 6.45) is 4.59. The van der Waals surface area contributed by atoms with Crippen LogP contribution in [-0.2, 0) is 27.1 Å². The predicted octanol–water partition coefficient (Wildman–Crippen LogP) is 14.2. The van der Waals surface area contributed by atoms with Crippen LogP contribution in [0, 0.1) is 6.92 Å². The molecule has 378 valence electrons. The Morgan fingerprint density at radius 1 is 0.487 bits per heavy atom. The Kier molecular flexibility index (Phi) is 9.95. The molecule has 3 nitrogen and oxygen atoms in total. The van der Waals surface area contributed by atoms with Crippen LogP contribution in [0.2, 0.25) is 0 Å². The minimum Gasteiger partial charge on any atom is -0.468 e. The lowest BCUT2D eigenvalue weighted by atomic mass is 9.35. The van der Waals surface area contributed by atoms with Crippen LogP contribution in [-0.4, -0.2) is 14.8 Å². The summed E-state index contributed by atoms with van der Waals surface area (Å²) in [5.41, 5.74) is 23.1. The number of rotatable bonds is 4. The van der Waals surface area contributed by atoms with E-state index in [1.54, 1.807) is 0 Å². The smallest absolute Gasteiger partial charge is 0.297 e. The summed E-state index contributed by atoms with van der Waals surface area (Å²) in [6.45, 7) is 28.8. The van der Waals surface area contributed by atoms with Gasteiger partial charge in [-0.3, -0.25) is 0 Å². The third kappa shape index (κ3) is 6.60. The van der Waals surface area contributed by atoms with Crippen molar-refractivity contribution in [3.8, 4) is 11.1 Å². The first kappa shape index (κ1) is 47.6. The maximum Gasteiger partial charge on any atom is 0.297 e. The fourth-order valence-corrected chi connectivity index (χ4v) is 20.2. The molecule has 4 heterocycles. The molecule has 9 aromatic rings. The molecule has 0 radical (unpaired) electrons. The molecule has 2 aliphatic carbocycles. The van der Waals surface area contributed by atoms with Gasteiger partial charge in [0.2, 0.25) is 0 Å². The molecule has 14 rings (SSSR count). The number of fused-ring (bicyclic) bond motifs is 11. The molecule has 0 spiro atoms. The summed E-state index contributed by atoms with van der Waals surface area (Å²) in [4.78, 5) is 5.28. The number of aryl methyl sites for hydroxylation is 1. The molecule has 0 fully saturated rings. The van der Waals surface area contributed by atoms with Gasteiger partial charge in [-0.25, -0.2) is 0 Å². The SMILES string of the molecule is Cc1cc2c3c(c1)N(c1ccc4c(c1)[Si](c1ccccc1)(c1ccccc1)c1ccccc1-4)c1c(oc4cc5c(cc14)C(C)(C)CCC5(C)C)B3c1cc3c(cc1N2c1ccc(C(C)(C)C)cc1)C(C)(C)CCC3(C)C. The number of hydrogen-bond donors (Lipinski definition) is 0. The highest BCUT2D eigenvalue weighted by Gasteiger charge is 2.52. The van der Waals surface area contributed by atoms with Crippen LogP contribution < -0.4 is 47.1 Å². The van der Waals surface area contributed by atoms with Gasteiger partial charge < -0.3 is 14.2 Å². The Bertz CT molecular complexity index is 3850. The first-order valence-electron chi connectivity index (χ1n) is 28.2. The van der Waals surface area contributed by atoms with Crippen molar-refractivity contribution in [3.63, 3.8) is 0 Å². The molecule has 1 aromatic heterocycles. The molecule has 5 heteroatoms. The first-order valence-corrected chi connectivity index (χ1v) is 30.2. The van der Waals surface area contributed by atoms with Crippen molar-refractivity contribution in [1.82, 2.24) is 0 Å². The van der Waals surface area contributed by atoms with Crippen LogP contribution in [0.4, 0.5) is 34.1 Å². The van der Waals surface area contributed by atoms with E-state index in [0.717, 1.165) is 36.9 Å². The molecule has 0 bridgehead atoms. The highest BCUT2D eigenvalue weighted by Crippen LogP contribution is 2.54. The van der Waals surface area contributed by atoms with E-state index in [4.69, 9.17) is 4.42 Å². The van der Waals surface area contributed by atoms with E-state index in [9.17, 15) is 0 Å². The van der Waals surface area contributed by atoms with Crippen molar-refractivity contribution in [3.05, 3.63) is 197 Å². The highest BCUT2D eigenvalue weighted by molar-refractivity contribution is 7.22. The Morgan fingerprint density at radius 2 is 1.00 bits per heavy atom. The van der Waals surface area contributed by atoms with Crippen LogP contribution in [0.5, 0.6) is 0 Å². The molecular weight excluding hydrogens is 936 g/mol. The molecule has 0 N–H and O–H groups in total. The molecular formula is C71H71BN2OSi. The lowest BCUT2D eigenvalue weighted by molar-refractivity contribution is 0.332. The molecule has 0 amide bonds. The van der Waals surface area contributed by atoms with Crippen LogP contribution in [0.1, 0.15) is 135 Å². The van der Waals surface area contributed by atoms with Gasteiger partial charge in [0.05, 0.1) is 11.3 Å². The quantitative estimate of drug-likeness (QED) is 0.164. The van der Waals surface area contributed by atoms with Gasteiger partial charge >= 0.3 is 0 Å². The van der Waals surface area contributed by atoms with Crippen molar-refractivity contribution in [2.45, 2.75) is 136 Å².